The van der Waals surface area contributed by atoms with E-state index in [1.165, 1.54) is 0 Å². The number of H-pyrrole nitrogens is 1. The minimum Gasteiger partial charge on any atom is -0.467 e. The first-order chi connectivity index (χ1) is 11.3. The van der Waals surface area contributed by atoms with Gasteiger partial charge in [-0.2, -0.15) is 0 Å². The predicted octanol–water partition coefficient (Wildman–Crippen LogP) is 3.18. The van der Waals surface area contributed by atoms with Crippen molar-refractivity contribution in [1.29, 1.82) is 0 Å². The van der Waals surface area contributed by atoms with Gasteiger partial charge in [0.15, 0.2) is 5.11 Å². The molecule has 6 heteroatoms. The summed E-state index contributed by atoms with van der Waals surface area (Å²) in [4.78, 5) is 9.95. The Morgan fingerprint density at radius 1 is 1.17 bits per heavy atom. The van der Waals surface area contributed by atoms with Crippen LogP contribution in [0.2, 0.25) is 0 Å². The summed E-state index contributed by atoms with van der Waals surface area (Å²) in [6.45, 7) is 0.617. The molecule has 5 nitrogen and oxygen atoms in total. The Balaban J connectivity index is 1.71. The van der Waals surface area contributed by atoms with Crippen LogP contribution in [0, 0.1) is 0 Å². The topological polar surface area (TPSA) is 57.1 Å². The van der Waals surface area contributed by atoms with Crippen LogP contribution in [0.1, 0.15) is 29.2 Å². The third-order valence-electron chi connectivity index (χ3n) is 4.04. The number of aromatic amines is 1. The fraction of sp³-hybridized carbons (Fsp3) is 0.176. The van der Waals surface area contributed by atoms with Crippen molar-refractivity contribution in [2.75, 3.05) is 0 Å². The van der Waals surface area contributed by atoms with Crippen molar-refractivity contribution in [2.24, 2.45) is 0 Å². The predicted molar refractivity (Wildman–Crippen MR) is 90.5 cm³/mol. The summed E-state index contributed by atoms with van der Waals surface area (Å²) < 4.78 is 5.50. The van der Waals surface area contributed by atoms with Crippen molar-refractivity contribution in [3.8, 4) is 0 Å². The molecular formula is C17H16N4OS. The second-order valence-electron chi connectivity index (χ2n) is 5.46. The Morgan fingerprint density at radius 3 is 2.83 bits per heavy atom. The number of thiocarbonyl (C=S) groups is 1. The number of nitrogens with one attached hydrogen (secondary N) is 2. The Morgan fingerprint density at radius 2 is 2.13 bits per heavy atom. The van der Waals surface area contributed by atoms with Crippen LogP contribution in [0.3, 0.4) is 0 Å². The lowest BCUT2D eigenvalue weighted by atomic mass is 10.0. The SMILES string of the molecule is S=C1N[C@H](c2ccccn2)[C@H](c2ccc[nH]2)N1Cc1ccco1. The van der Waals surface area contributed by atoms with Gasteiger partial charge in [0.25, 0.3) is 0 Å². The average Bonchev–Trinajstić information content (AvgIpc) is 3.31. The van der Waals surface area contributed by atoms with Crippen molar-refractivity contribution in [3.63, 3.8) is 0 Å². The van der Waals surface area contributed by atoms with E-state index >= 15 is 0 Å². The quantitative estimate of drug-likeness (QED) is 0.722. The largest absolute Gasteiger partial charge is 0.467 e. The van der Waals surface area contributed by atoms with Crippen LogP contribution in [0.4, 0.5) is 0 Å². The van der Waals surface area contributed by atoms with Crippen molar-refractivity contribution in [3.05, 3.63) is 78.3 Å². The van der Waals surface area contributed by atoms with E-state index in [0.717, 1.165) is 17.1 Å². The van der Waals surface area contributed by atoms with Crippen molar-refractivity contribution in [1.82, 2.24) is 20.2 Å². The maximum atomic E-state index is 5.57. The second kappa shape index (κ2) is 5.89. The van der Waals surface area contributed by atoms with E-state index in [2.05, 4.69) is 26.3 Å². The summed E-state index contributed by atoms with van der Waals surface area (Å²) in [5.74, 6) is 0.882. The molecule has 2 atom stereocenters. The minimum atomic E-state index is -0.00249. The number of aromatic nitrogens is 2. The molecule has 0 bridgehead atoms. The van der Waals surface area contributed by atoms with Crippen LogP contribution in [0.15, 0.2) is 65.5 Å². The van der Waals surface area contributed by atoms with Crippen LogP contribution in [-0.2, 0) is 6.54 Å². The van der Waals surface area contributed by atoms with E-state index < -0.39 is 0 Å². The smallest absolute Gasteiger partial charge is 0.170 e. The zero-order valence-electron chi connectivity index (χ0n) is 12.3. The van der Waals surface area contributed by atoms with Crippen LogP contribution < -0.4 is 5.32 Å². The Hall–Kier alpha value is -2.60. The third kappa shape index (κ3) is 2.61. The Bertz CT molecular complexity index is 770. The average molecular weight is 324 g/mol. The molecule has 4 heterocycles. The van der Waals surface area contributed by atoms with Gasteiger partial charge < -0.3 is 19.6 Å². The van der Waals surface area contributed by atoms with Crippen LogP contribution >= 0.6 is 12.2 Å². The molecule has 0 aliphatic carbocycles. The first-order valence-electron chi connectivity index (χ1n) is 7.46. The van der Waals surface area contributed by atoms with Gasteiger partial charge in [0.1, 0.15) is 5.76 Å². The van der Waals surface area contributed by atoms with E-state index in [-0.39, 0.29) is 12.1 Å². The van der Waals surface area contributed by atoms with Gasteiger partial charge in [-0.05, 0) is 48.6 Å². The lowest BCUT2D eigenvalue weighted by Crippen LogP contribution is -2.29. The Kier molecular flexibility index (Phi) is 3.59. The van der Waals surface area contributed by atoms with E-state index in [9.17, 15) is 0 Å². The fourth-order valence-electron chi connectivity index (χ4n) is 3.01. The number of rotatable bonds is 4. The van der Waals surface area contributed by atoms with Gasteiger partial charge in [-0.3, -0.25) is 4.98 Å². The number of pyridine rings is 1. The van der Waals surface area contributed by atoms with Crippen molar-refractivity contribution >= 4 is 17.3 Å². The fourth-order valence-corrected chi connectivity index (χ4v) is 3.32. The molecule has 0 spiro atoms. The minimum absolute atomic E-state index is 0.00249. The molecule has 0 aromatic carbocycles. The van der Waals surface area contributed by atoms with Gasteiger partial charge in [0.2, 0.25) is 0 Å². The normalized spacial score (nSPS) is 20.7. The summed E-state index contributed by atoms with van der Waals surface area (Å²) in [7, 11) is 0. The van der Waals surface area contributed by atoms with Gasteiger partial charge in [0.05, 0.1) is 30.6 Å². The van der Waals surface area contributed by atoms with Gasteiger partial charge in [0, 0.05) is 18.1 Å². The first-order valence-corrected chi connectivity index (χ1v) is 7.87. The highest BCUT2D eigenvalue weighted by molar-refractivity contribution is 7.80. The lowest BCUT2D eigenvalue weighted by Gasteiger charge is -2.26. The number of nitrogens with zero attached hydrogens (tertiary/aromatic N) is 2. The van der Waals surface area contributed by atoms with E-state index in [4.69, 9.17) is 16.6 Å². The zero-order valence-corrected chi connectivity index (χ0v) is 13.2. The summed E-state index contributed by atoms with van der Waals surface area (Å²) in [6, 6.07) is 13.9. The molecule has 0 unspecified atom stereocenters. The van der Waals surface area contributed by atoms with E-state index in [0.29, 0.717) is 11.7 Å². The van der Waals surface area contributed by atoms with Gasteiger partial charge in [-0.1, -0.05) is 6.07 Å². The highest BCUT2D eigenvalue weighted by Gasteiger charge is 2.40. The van der Waals surface area contributed by atoms with Gasteiger partial charge in [-0.25, -0.2) is 0 Å². The standard InChI is InChI=1S/C17H16N4OS/c23-17-20-15(13-6-1-2-8-18-13)16(14-7-3-9-19-14)21(17)11-12-5-4-10-22-12/h1-10,15-16,19H,11H2,(H,20,23)/t15-,16+/m1/s1. The monoisotopic (exact) mass is 324 g/mol. The molecule has 1 aliphatic heterocycles. The molecule has 116 valence electrons. The molecule has 0 saturated carbocycles. The summed E-state index contributed by atoms with van der Waals surface area (Å²) in [6.07, 6.45) is 5.42. The van der Waals surface area contributed by atoms with Gasteiger partial charge >= 0.3 is 0 Å². The van der Waals surface area contributed by atoms with Crippen molar-refractivity contribution < 1.29 is 4.42 Å². The summed E-state index contributed by atoms with van der Waals surface area (Å²) in [5, 5.41) is 4.11. The van der Waals surface area contributed by atoms with E-state index in [1.807, 2.05) is 42.6 Å². The highest BCUT2D eigenvalue weighted by Crippen LogP contribution is 2.38. The molecular weight excluding hydrogens is 308 g/mol. The summed E-state index contributed by atoms with van der Waals surface area (Å²) >= 11 is 5.57. The molecule has 0 amide bonds. The maximum Gasteiger partial charge on any atom is 0.170 e. The first kappa shape index (κ1) is 14.0. The number of hydrogen-bond acceptors (Lipinski definition) is 3. The molecule has 23 heavy (non-hydrogen) atoms. The molecule has 1 fully saturated rings. The van der Waals surface area contributed by atoms with Crippen molar-refractivity contribution in [2.45, 2.75) is 18.6 Å². The number of furan rings is 1. The molecule has 4 rings (SSSR count). The molecule has 1 aliphatic rings. The van der Waals surface area contributed by atoms with Crippen LogP contribution in [0.25, 0.3) is 0 Å². The number of hydrogen-bond donors (Lipinski definition) is 2. The molecule has 3 aromatic heterocycles. The molecule has 3 aromatic rings. The second-order valence-corrected chi connectivity index (χ2v) is 5.85. The van der Waals surface area contributed by atoms with Gasteiger partial charge in [-0.15, -0.1) is 0 Å². The summed E-state index contributed by atoms with van der Waals surface area (Å²) in [5.41, 5.74) is 2.07. The van der Waals surface area contributed by atoms with Crippen LogP contribution in [0.5, 0.6) is 0 Å². The zero-order chi connectivity index (χ0) is 15.6. The molecule has 2 N–H and O–H groups in total. The van der Waals surface area contributed by atoms with Crippen LogP contribution in [-0.4, -0.2) is 20.0 Å². The molecule has 0 radical (unpaired) electrons. The van der Waals surface area contributed by atoms with E-state index in [1.54, 1.807) is 12.5 Å². The lowest BCUT2D eigenvalue weighted by molar-refractivity contribution is 0.283. The maximum absolute atomic E-state index is 5.57. The molecule has 1 saturated heterocycles. The Labute approximate surface area is 139 Å². The third-order valence-corrected chi connectivity index (χ3v) is 4.40. The highest BCUT2D eigenvalue weighted by atomic mass is 32.1.